The number of halogens is 1. The highest BCUT2D eigenvalue weighted by molar-refractivity contribution is 6.31. The Labute approximate surface area is 139 Å². The van der Waals surface area contributed by atoms with E-state index in [1.807, 2.05) is 25.1 Å². The first kappa shape index (κ1) is 16.0. The lowest BCUT2D eigenvalue weighted by atomic mass is 10.1. The molecule has 1 aromatic carbocycles. The molecule has 3 rings (SSSR count). The third kappa shape index (κ3) is 3.89. The van der Waals surface area contributed by atoms with Crippen LogP contribution < -0.4 is 5.32 Å². The Bertz CT molecular complexity index is 675. The number of carbonyl (C=O) groups excluding carboxylic acids is 1. The zero-order chi connectivity index (χ0) is 16.2. The van der Waals surface area contributed by atoms with E-state index in [9.17, 15) is 4.79 Å². The first-order valence-corrected chi connectivity index (χ1v) is 8.02. The van der Waals surface area contributed by atoms with Crippen LogP contribution in [0.25, 0.3) is 0 Å². The number of aromatic amines is 1. The fraction of sp³-hybridized carbons (Fsp3) is 0.438. The van der Waals surface area contributed by atoms with E-state index in [-0.39, 0.29) is 18.1 Å². The number of amides is 1. The van der Waals surface area contributed by atoms with Crippen molar-refractivity contribution in [2.24, 2.45) is 0 Å². The van der Waals surface area contributed by atoms with Gasteiger partial charge in [-0.3, -0.25) is 9.89 Å². The molecule has 0 bridgehead atoms. The van der Waals surface area contributed by atoms with Crippen LogP contribution >= 0.6 is 11.6 Å². The Hall–Kier alpha value is -1.92. The number of H-pyrrole nitrogens is 1. The van der Waals surface area contributed by atoms with Crippen LogP contribution in [0.2, 0.25) is 5.02 Å². The average Bonchev–Trinajstić information content (AvgIpc) is 3.19. The molecule has 23 heavy (non-hydrogen) atoms. The minimum atomic E-state index is -0.254. The Balaban J connectivity index is 1.53. The number of aromatic nitrogens is 3. The molecule has 0 radical (unpaired) electrons. The first-order chi connectivity index (χ1) is 11.1. The number of aryl methyl sites for hydroxylation is 2. The van der Waals surface area contributed by atoms with E-state index in [1.165, 1.54) is 6.33 Å². The molecular formula is C16H19ClN4O2. The van der Waals surface area contributed by atoms with Gasteiger partial charge in [0.2, 0.25) is 5.91 Å². The normalized spacial score (nSPS) is 20.6. The maximum Gasteiger partial charge on any atom is 0.220 e. The molecule has 0 saturated carbocycles. The zero-order valence-electron chi connectivity index (χ0n) is 12.9. The predicted molar refractivity (Wildman–Crippen MR) is 86.1 cm³/mol. The molecule has 2 atom stereocenters. The number of carbonyl (C=O) groups is 1. The first-order valence-electron chi connectivity index (χ1n) is 7.65. The monoisotopic (exact) mass is 334 g/mol. The number of rotatable bonds is 5. The summed E-state index contributed by atoms with van der Waals surface area (Å²) in [4.78, 5) is 16.3. The van der Waals surface area contributed by atoms with Crippen LogP contribution in [0.5, 0.6) is 0 Å². The molecule has 1 aliphatic heterocycles. The number of hydrogen-bond donors (Lipinski definition) is 2. The van der Waals surface area contributed by atoms with Crippen LogP contribution in [0.4, 0.5) is 0 Å². The van der Waals surface area contributed by atoms with Gasteiger partial charge in [0.1, 0.15) is 12.4 Å². The summed E-state index contributed by atoms with van der Waals surface area (Å²) in [5.74, 6) is 0.653. The zero-order valence-corrected chi connectivity index (χ0v) is 13.6. The Kier molecular flexibility index (Phi) is 4.93. The Morgan fingerprint density at radius 1 is 1.52 bits per heavy atom. The smallest absolute Gasteiger partial charge is 0.220 e. The lowest BCUT2D eigenvalue weighted by Gasteiger charge is -2.17. The van der Waals surface area contributed by atoms with Crippen molar-refractivity contribution in [1.29, 1.82) is 0 Å². The molecule has 0 spiro atoms. The minimum Gasteiger partial charge on any atom is -0.368 e. The lowest BCUT2D eigenvalue weighted by Crippen LogP contribution is -2.37. The van der Waals surface area contributed by atoms with Crippen LogP contribution in [0, 0.1) is 6.92 Å². The maximum atomic E-state index is 12.2. The summed E-state index contributed by atoms with van der Waals surface area (Å²) in [5.41, 5.74) is 2.10. The molecule has 1 aromatic heterocycles. The summed E-state index contributed by atoms with van der Waals surface area (Å²) in [5, 5.41) is 10.4. The van der Waals surface area contributed by atoms with Crippen LogP contribution in [-0.2, 0) is 16.0 Å². The highest BCUT2D eigenvalue weighted by atomic mass is 35.5. The van der Waals surface area contributed by atoms with Gasteiger partial charge in [0.25, 0.3) is 0 Å². The van der Waals surface area contributed by atoms with E-state index in [2.05, 4.69) is 20.5 Å². The van der Waals surface area contributed by atoms with Gasteiger partial charge in [0.15, 0.2) is 5.82 Å². The minimum absolute atomic E-state index is 0.00159. The molecule has 6 nitrogen and oxygen atoms in total. The summed E-state index contributed by atoms with van der Waals surface area (Å²) in [6.45, 7) is 2.56. The Morgan fingerprint density at radius 2 is 2.39 bits per heavy atom. The molecule has 2 aromatic rings. The van der Waals surface area contributed by atoms with E-state index in [1.54, 1.807) is 0 Å². The fourth-order valence-electron chi connectivity index (χ4n) is 2.69. The quantitative estimate of drug-likeness (QED) is 0.879. The standard InChI is InChI=1S/C16H19ClN4O2/c1-10-2-3-11(8-12(10)17)4-5-14(22)20-13-6-7-23-15(13)16-18-9-19-21-16/h2-3,8-9,13,15H,4-7H2,1H3,(H,20,22)(H,18,19,21)/t13-,15+/m0/s1. The largest absolute Gasteiger partial charge is 0.368 e. The van der Waals surface area contributed by atoms with Gasteiger partial charge in [-0.1, -0.05) is 23.7 Å². The molecular weight excluding hydrogens is 316 g/mol. The molecule has 2 N–H and O–H groups in total. The molecule has 1 aliphatic rings. The predicted octanol–water partition coefficient (Wildman–Crippen LogP) is 2.35. The molecule has 7 heteroatoms. The average molecular weight is 335 g/mol. The van der Waals surface area contributed by atoms with Crippen molar-refractivity contribution >= 4 is 17.5 Å². The highest BCUT2D eigenvalue weighted by Gasteiger charge is 2.32. The fourth-order valence-corrected chi connectivity index (χ4v) is 2.89. The van der Waals surface area contributed by atoms with Gasteiger partial charge in [-0.25, -0.2) is 4.98 Å². The number of ether oxygens (including phenoxy) is 1. The maximum absolute atomic E-state index is 12.2. The van der Waals surface area contributed by atoms with E-state index in [0.717, 1.165) is 22.6 Å². The summed E-state index contributed by atoms with van der Waals surface area (Å²) in [6, 6.07) is 5.82. The summed E-state index contributed by atoms with van der Waals surface area (Å²) < 4.78 is 5.64. The van der Waals surface area contributed by atoms with E-state index >= 15 is 0 Å². The third-order valence-electron chi connectivity index (χ3n) is 4.02. The second kappa shape index (κ2) is 7.10. The van der Waals surface area contributed by atoms with Crippen LogP contribution in [0.3, 0.4) is 0 Å². The molecule has 1 fully saturated rings. The van der Waals surface area contributed by atoms with Gasteiger partial charge in [-0.15, -0.1) is 0 Å². The number of hydrogen-bond acceptors (Lipinski definition) is 4. The van der Waals surface area contributed by atoms with E-state index < -0.39 is 0 Å². The highest BCUT2D eigenvalue weighted by Crippen LogP contribution is 2.26. The summed E-state index contributed by atoms with van der Waals surface area (Å²) in [6.07, 6.45) is 3.03. The third-order valence-corrected chi connectivity index (χ3v) is 4.43. The van der Waals surface area contributed by atoms with Crippen molar-refractivity contribution in [3.8, 4) is 0 Å². The van der Waals surface area contributed by atoms with Gasteiger partial charge in [-0.2, -0.15) is 5.10 Å². The molecule has 1 amide bonds. The molecule has 0 aliphatic carbocycles. The van der Waals surface area contributed by atoms with E-state index in [4.69, 9.17) is 16.3 Å². The van der Waals surface area contributed by atoms with Crippen LogP contribution in [-0.4, -0.2) is 33.7 Å². The summed E-state index contributed by atoms with van der Waals surface area (Å²) in [7, 11) is 0. The van der Waals surface area contributed by atoms with E-state index in [0.29, 0.717) is 25.3 Å². The molecule has 0 unspecified atom stereocenters. The lowest BCUT2D eigenvalue weighted by molar-refractivity contribution is -0.122. The van der Waals surface area contributed by atoms with Crippen LogP contribution in [0.1, 0.15) is 35.9 Å². The number of nitrogens with zero attached hydrogens (tertiary/aromatic N) is 2. The van der Waals surface area contributed by atoms with Gasteiger partial charge in [-0.05, 0) is 37.0 Å². The van der Waals surface area contributed by atoms with Crippen molar-refractivity contribution in [3.05, 3.63) is 46.5 Å². The van der Waals surface area contributed by atoms with Crippen molar-refractivity contribution in [2.75, 3.05) is 6.61 Å². The Morgan fingerprint density at radius 3 is 3.13 bits per heavy atom. The van der Waals surface area contributed by atoms with Crippen LogP contribution in [0.15, 0.2) is 24.5 Å². The second-order valence-electron chi connectivity index (χ2n) is 5.71. The van der Waals surface area contributed by atoms with Crippen molar-refractivity contribution in [3.63, 3.8) is 0 Å². The topological polar surface area (TPSA) is 79.9 Å². The molecule has 2 heterocycles. The van der Waals surface area contributed by atoms with Gasteiger partial charge in [0.05, 0.1) is 6.04 Å². The molecule has 122 valence electrons. The second-order valence-corrected chi connectivity index (χ2v) is 6.12. The SMILES string of the molecule is Cc1ccc(CCC(=O)N[C@H]2CCO[C@H]2c2ncn[nH]2)cc1Cl. The van der Waals surface area contributed by atoms with Gasteiger partial charge >= 0.3 is 0 Å². The summed E-state index contributed by atoms with van der Waals surface area (Å²) >= 11 is 6.11. The van der Waals surface area contributed by atoms with Gasteiger partial charge < -0.3 is 10.1 Å². The number of nitrogens with one attached hydrogen (secondary N) is 2. The van der Waals surface area contributed by atoms with Gasteiger partial charge in [0, 0.05) is 18.1 Å². The molecule has 1 saturated heterocycles. The van der Waals surface area contributed by atoms with Crippen molar-refractivity contribution in [2.45, 2.75) is 38.3 Å². The number of benzene rings is 1. The van der Waals surface area contributed by atoms with Crippen molar-refractivity contribution in [1.82, 2.24) is 20.5 Å². The van der Waals surface area contributed by atoms with Crippen molar-refractivity contribution < 1.29 is 9.53 Å².